The van der Waals surface area contributed by atoms with Gasteiger partial charge in [-0.2, -0.15) is 0 Å². The Hall–Kier alpha value is -2.89. The van der Waals surface area contributed by atoms with E-state index in [4.69, 9.17) is 9.15 Å². The smallest absolute Gasteiger partial charge is 0.336 e. The van der Waals surface area contributed by atoms with Gasteiger partial charge in [0.15, 0.2) is 0 Å². The van der Waals surface area contributed by atoms with E-state index >= 15 is 0 Å². The van der Waals surface area contributed by atoms with E-state index in [-0.39, 0.29) is 13.2 Å². The molecule has 0 aliphatic rings. The Morgan fingerprint density at radius 1 is 1.12 bits per heavy atom. The van der Waals surface area contributed by atoms with Gasteiger partial charge in [-0.1, -0.05) is 13.8 Å². The van der Waals surface area contributed by atoms with Crippen molar-refractivity contribution in [1.82, 2.24) is 0 Å². The Kier molecular flexibility index (Phi) is 6.33. The molecular formula is C20H22O6. The fourth-order valence-electron chi connectivity index (χ4n) is 2.66. The fraction of sp³-hybridized carbons (Fsp3) is 0.350. The molecule has 2 aromatic rings. The minimum atomic E-state index is -0.698. The maximum Gasteiger partial charge on any atom is 0.336 e. The number of hydrogen-bond acceptors (Lipinski definition) is 6. The van der Waals surface area contributed by atoms with Gasteiger partial charge in [0.1, 0.15) is 12.2 Å². The van der Waals surface area contributed by atoms with Gasteiger partial charge in [-0.3, -0.25) is 0 Å². The number of fused-ring (bicyclic) bond motifs is 1. The molecular weight excluding hydrogens is 336 g/mol. The summed E-state index contributed by atoms with van der Waals surface area (Å²) in [6, 6.07) is 5.08. The second kappa shape index (κ2) is 8.47. The molecule has 0 bridgehead atoms. The van der Waals surface area contributed by atoms with E-state index in [0.717, 1.165) is 28.7 Å². The maximum absolute atomic E-state index is 11.8. The van der Waals surface area contributed by atoms with Crippen LogP contribution >= 0.6 is 0 Å². The first-order valence-corrected chi connectivity index (χ1v) is 8.40. The SMILES string of the molecule is CCOC(=O)C=CC(=O)OCc1cc(=O)oc2cc(C)c(C(C)C)cc12. The molecule has 6 heteroatoms. The molecule has 0 N–H and O–H groups in total. The van der Waals surface area contributed by atoms with Gasteiger partial charge in [0.05, 0.1) is 6.61 Å². The number of hydrogen-bond donors (Lipinski definition) is 0. The van der Waals surface area contributed by atoms with E-state index in [1.807, 2.05) is 19.1 Å². The van der Waals surface area contributed by atoms with Gasteiger partial charge in [-0.15, -0.1) is 0 Å². The number of esters is 2. The molecule has 0 fully saturated rings. The molecule has 0 amide bonds. The monoisotopic (exact) mass is 358 g/mol. The highest BCUT2D eigenvalue weighted by atomic mass is 16.5. The van der Waals surface area contributed by atoms with E-state index in [1.165, 1.54) is 6.07 Å². The molecule has 0 spiro atoms. The van der Waals surface area contributed by atoms with Crippen LogP contribution < -0.4 is 5.63 Å². The molecule has 138 valence electrons. The summed E-state index contributed by atoms with van der Waals surface area (Å²) in [7, 11) is 0. The molecule has 1 heterocycles. The van der Waals surface area contributed by atoms with Gasteiger partial charge in [-0.05, 0) is 43.0 Å². The zero-order chi connectivity index (χ0) is 19.3. The first-order valence-electron chi connectivity index (χ1n) is 8.40. The minimum absolute atomic E-state index is 0.102. The van der Waals surface area contributed by atoms with Crippen molar-refractivity contribution in [2.45, 2.75) is 40.2 Å². The van der Waals surface area contributed by atoms with E-state index < -0.39 is 17.6 Å². The molecule has 6 nitrogen and oxygen atoms in total. The Labute approximate surface area is 151 Å². The Bertz CT molecular complexity index is 904. The van der Waals surface area contributed by atoms with Crippen LogP contribution in [0.3, 0.4) is 0 Å². The lowest BCUT2D eigenvalue weighted by atomic mass is 9.95. The summed E-state index contributed by atoms with van der Waals surface area (Å²) in [4.78, 5) is 34.7. The van der Waals surface area contributed by atoms with E-state index in [9.17, 15) is 14.4 Å². The highest BCUT2D eigenvalue weighted by Gasteiger charge is 2.12. The molecule has 0 unspecified atom stereocenters. The van der Waals surface area contributed by atoms with E-state index in [2.05, 4.69) is 18.6 Å². The van der Waals surface area contributed by atoms with Crippen LogP contribution in [0.4, 0.5) is 0 Å². The van der Waals surface area contributed by atoms with Crippen LogP contribution in [0.1, 0.15) is 43.4 Å². The van der Waals surface area contributed by atoms with Crippen molar-refractivity contribution in [1.29, 1.82) is 0 Å². The third-order valence-corrected chi connectivity index (χ3v) is 3.85. The number of rotatable bonds is 6. The Morgan fingerprint density at radius 2 is 1.77 bits per heavy atom. The zero-order valence-corrected chi connectivity index (χ0v) is 15.3. The Morgan fingerprint density at radius 3 is 2.38 bits per heavy atom. The summed E-state index contributed by atoms with van der Waals surface area (Å²) in [5, 5.41) is 0.723. The predicted octanol–water partition coefficient (Wildman–Crippen LogP) is 3.39. The minimum Gasteiger partial charge on any atom is -0.463 e. The zero-order valence-electron chi connectivity index (χ0n) is 15.3. The topological polar surface area (TPSA) is 82.8 Å². The van der Waals surface area contributed by atoms with Gasteiger partial charge in [0.2, 0.25) is 0 Å². The standard InChI is InChI=1S/C20H22O6/c1-5-24-18(21)6-7-19(22)25-11-14-9-20(23)26-17-8-13(4)15(12(2)3)10-16(14)17/h6-10,12H,5,11H2,1-4H3. The fourth-order valence-corrected chi connectivity index (χ4v) is 2.66. The highest BCUT2D eigenvalue weighted by molar-refractivity contribution is 5.91. The van der Waals surface area contributed by atoms with Crippen LogP contribution in [0.25, 0.3) is 11.0 Å². The summed E-state index contributed by atoms with van der Waals surface area (Å²) in [6.45, 7) is 7.90. The predicted molar refractivity (Wildman–Crippen MR) is 96.9 cm³/mol. The van der Waals surface area contributed by atoms with Crippen LogP contribution in [0.2, 0.25) is 0 Å². The summed E-state index contributed by atoms with van der Waals surface area (Å²) in [5.74, 6) is -1.02. The lowest BCUT2D eigenvalue weighted by molar-refractivity contribution is -0.141. The molecule has 0 aliphatic carbocycles. The second-order valence-corrected chi connectivity index (χ2v) is 6.14. The first kappa shape index (κ1) is 19.4. The average molecular weight is 358 g/mol. The van der Waals surface area contributed by atoms with Crippen molar-refractivity contribution in [2.75, 3.05) is 6.61 Å². The summed E-state index contributed by atoms with van der Waals surface area (Å²) in [6.07, 6.45) is 2.00. The van der Waals surface area contributed by atoms with E-state index in [1.54, 1.807) is 6.92 Å². The molecule has 1 aromatic carbocycles. The van der Waals surface area contributed by atoms with Gasteiger partial charge in [-0.25, -0.2) is 14.4 Å². The lowest BCUT2D eigenvalue weighted by Crippen LogP contribution is -2.07. The van der Waals surface area contributed by atoms with Crippen LogP contribution in [0.15, 0.2) is 39.6 Å². The normalized spacial score (nSPS) is 11.3. The summed E-state index contributed by atoms with van der Waals surface area (Å²) >= 11 is 0. The number of benzene rings is 1. The molecule has 26 heavy (non-hydrogen) atoms. The van der Waals surface area contributed by atoms with Crippen molar-refractivity contribution in [3.8, 4) is 0 Å². The van der Waals surface area contributed by atoms with Crippen molar-refractivity contribution in [3.05, 3.63) is 57.5 Å². The average Bonchev–Trinajstić information content (AvgIpc) is 2.57. The highest BCUT2D eigenvalue weighted by Crippen LogP contribution is 2.27. The van der Waals surface area contributed by atoms with Crippen molar-refractivity contribution in [2.24, 2.45) is 0 Å². The molecule has 0 aliphatic heterocycles. The number of carbonyl (C=O) groups excluding carboxylic acids is 2. The van der Waals surface area contributed by atoms with Gasteiger partial charge >= 0.3 is 17.6 Å². The third-order valence-electron chi connectivity index (χ3n) is 3.85. The molecule has 0 saturated heterocycles. The number of aryl methyl sites for hydroxylation is 1. The largest absolute Gasteiger partial charge is 0.463 e. The molecule has 0 atom stereocenters. The molecule has 2 rings (SSSR count). The molecule has 0 radical (unpaired) electrons. The van der Waals surface area contributed by atoms with Crippen LogP contribution in [0.5, 0.6) is 0 Å². The number of carbonyl (C=O) groups is 2. The van der Waals surface area contributed by atoms with Gasteiger partial charge in [0, 0.05) is 29.2 Å². The van der Waals surface area contributed by atoms with Crippen molar-refractivity contribution in [3.63, 3.8) is 0 Å². The summed E-state index contributed by atoms with van der Waals surface area (Å²) in [5.41, 5.74) is 2.65. The van der Waals surface area contributed by atoms with E-state index in [0.29, 0.717) is 17.1 Å². The second-order valence-electron chi connectivity index (χ2n) is 6.14. The van der Waals surface area contributed by atoms with Crippen LogP contribution in [-0.4, -0.2) is 18.5 Å². The molecule has 1 aromatic heterocycles. The van der Waals surface area contributed by atoms with Gasteiger partial charge in [0.25, 0.3) is 0 Å². The van der Waals surface area contributed by atoms with Crippen LogP contribution in [-0.2, 0) is 25.7 Å². The van der Waals surface area contributed by atoms with Crippen LogP contribution in [0, 0.1) is 6.92 Å². The third kappa shape index (κ3) is 4.81. The maximum atomic E-state index is 11.8. The quantitative estimate of drug-likeness (QED) is 0.447. The first-order chi connectivity index (χ1) is 12.3. The van der Waals surface area contributed by atoms with Crippen molar-refractivity contribution >= 4 is 22.9 Å². The molecule has 0 saturated carbocycles. The lowest BCUT2D eigenvalue weighted by Gasteiger charge is -2.13. The van der Waals surface area contributed by atoms with Gasteiger partial charge < -0.3 is 13.9 Å². The Balaban J connectivity index is 2.26. The summed E-state index contributed by atoms with van der Waals surface area (Å²) < 4.78 is 15.1. The van der Waals surface area contributed by atoms with Crippen molar-refractivity contribution < 1.29 is 23.5 Å². The number of ether oxygens (including phenoxy) is 2.